The molecular weight excluding hydrogens is 350 g/mol. The van der Waals surface area contributed by atoms with Crippen molar-refractivity contribution >= 4 is 28.5 Å². The van der Waals surface area contributed by atoms with Crippen molar-refractivity contribution in [2.24, 2.45) is 0 Å². The first-order valence-electron chi connectivity index (χ1n) is 9.08. The van der Waals surface area contributed by atoms with Crippen LogP contribution in [0.15, 0.2) is 67.3 Å². The van der Waals surface area contributed by atoms with Gasteiger partial charge in [0.05, 0.1) is 29.4 Å². The number of benzene rings is 2. The lowest BCUT2D eigenvalue weighted by Crippen LogP contribution is -2.02. The van der Waals surface area contributed by atoms with Gasteiger partial charge in [0.2, 0.25) is 0 Å². The molecule has 0 unspecified atom stereocenters. The Morgan fingerprint density at radius 3 is 2.71 bits per heavy atom. The molecule has 0 bridgehead atoms. The number of nitrogens with zero attached hydrogens (tertiary/aromatic N) is 3. The second kappa shape index (κ2) is 7.19. The summed E-state index contributed by atoms with van der Waals surface area (Å²) in [6, 6.07) is 15.6. The largest absolute Gasteiger partial charge is 0.497 e. The van der Waals surface area contributed by atoms with Gasteiger partial charge in [0, 0.05) is 6.54 Å². The zero-order valence-corrected chi connectivity index (χ0v) is 15.9. The normalized spacial score (nSPS) is 11.5. The molecule has 2 aromatic carbocycles. The Kier molecular flexibility index (Phi) is 4.57. The van der Waals surface area contributed by atoms with Gasteiger partial charge in [0.25, 0.3) is 0 Å². The first kappa shape index (κ1) is 17.8. The number of para-hydroxylation sites is 2. The number of hydrogen-bond acceptors (Lipinski definition) is 3. The average Bonchev–Trinajstić information content (AvgIpc) is 3.20. The SMILES string of the molecule is C=CCn1c2ccccc2n2nc(C)c(C(=O)/C=C/c3cccc(OC)c3)c12. The summed E-state index contributed by atoms with van der Waals surface area (Å²) in [4.78, 5) is 13.1. The number of ether oxygens (including phenoxy) is 1. The molecule has 140 valence electrons. The van der Waals surface area contributed by atoms with E-state index in [2.05, 4.69) is 16.2 Å². The molecule has 0 atom stereocenters. The van der Waals surface area contributed by atoms with Crippen LogP contribution in [0.1, 0.15) is 21.6 Å². The van der Waals surface area contributed by atoms with Gasteiger partial charge < -0.3 is 9.30 Å². The molecule has 0 saturated heterocycles. The summed E-state index contributed by atoms with van der Waals surface area (Å²) in [5.41, 5.74) is 5.00. The highest BCUT2D eigenvalue weighted by Gasteiger charge is 2.21. The van der Waals surface area contributed by atoms with Crippen molar-refractivity contribution in [3.8, 4) is 5.75 Å². The van der Waals surface area contributed by atoms with E-state index >= 15 is 0 Å². The van der Waals surface area contributed by atoms with Crippen molar-refractivity contribution < 1.29 is 9.53 Å². The molecule has 0 aliphatic rings. The summed E-state index contributed by atoms with van der Waals surface area (Å²) >= 11 is 0. The number of ketones is 1. The highest BCUT2D eigenvalue weighted by molar-refractivity contribution is 6.12. The Labute approximate surface area is 163 Å². The van der Waals surface area contributed by atoms with Gasteiger partial charge in [-0.15, -0.1) is 6.58 Å². The van der Waals surface area contributed by atoms with E-state index < -0.39 is 0 Å². The molecule has 0 radical (unpaired) electrons. The number of carbonyl (C=O) groups excluding carboxylic acids is 1. The first-order valence-corrected chi connectivity index (χ1v) is 9.08. The van der Waals surface area contributed by atoms with Crippen LogP contribution >= 0.6 is 0 Å². The number of aryl methyl sites for hydroxylation is 1. The Morgan fingerprint density at radius 1 is 1.18 bits per heavy atom. The van der Waals surface area contributed by atoms with Crippen LogP contribution in [0.5, 0.6) is 5.75 Å². The fourth-order valence-electron chi connectivity index (χ4n) is 3.52. The first-order chi connectivity index (χ1) is 13.6. The van der Waals surface area contributed by atoms with E-state index in [1.807, 2.05) is 66.0 Å². The van der Waals surface area contributed by atoms with Gasteiger partial charge in [-0.2, -0.15) is 5.10 Å². The van der Waals surface area contributed by atoms with Gasteiger partial charge in [0.1, 0.15) is 11.4 Å². The van der Waals surface area contributed by atoms with E-state index in [-0.39, 0.29) is 5.78 Å². The average molecular weight is 371 g/mol. The molecule has 0 aliphatic carbocycles. The topological polar surface area (TPSA) is 48.5 Å². The molecule has 0 spiro atoms. The van der Waals surface area contributed by atoms with Crippen LogP contribution < -0.4 is 4.74 Å². The lowest BCUT2D eigenvalue weighted by atomic mass is 10.1. The molecule has 4 aromatic rings. The lowest BCUT2D eigenvalue weighted by Gasteiger charge is -2.03. The molecule has 2 heterocycles. The third-order valence-corrected chi connectivity index (χ3v) is 4.77. The number of fused-ring (bicyclic) bond motifs is 3. The third-order valence-electron chi connectivity index (χ3n) is 4.77. The molecule has 5 nitrogen and oxygen atoms in total. The highest BCUT2D eigenvalue weighted by atomic mass is 16.5. The Hall–Kier alpha value is -3.60. The molecule has 0 N–H and O–H groups in total. The molecule has 0 aliphatic heterocycles. The van der Waals surface area contributed by atoms with Crippen molar-refractivity contribution in [2.45, 2.75) is 13.5 Å². The monoisotopic (exact) mass is 371 g/mol. The maximum absolute atomic E-state index is 13.1. The zero-order valence-electron chi connectivity index (χ0n) is 15.9. The van der Waals surface area contributed by atoms with Gasteiger partial charge >= 0.3 is 0 Å². The predicted octanol–water partition coefficient (Wildman–Crippen LogP) is 4.69. The van der Waals surface area contributed by atoms with Crippen LogP contribution in [0.2, 0.25) is 0 Å². The molecular formula is C23H21N3O2. The van der Waals surface area contributed by atoms with Gasteiger partial charge in [-0.1, -0.05) is 36.4 Å². The maximum atomic E-state index is 13.1. The summed E-state index contributed by atoms with van der Waals surface area (Å²) in [5.74, 6) is 0.674. The summed E-state index contributed by atoms with van der Waals surface area (Å²) in [7, 11) is 1.62. The zero-order chi connectivity index (χ0) is 19.7. The van der Waals surface area contributed by atoms with Crippen LogP contribution in [0.25, 0.3) is 22.8 Å². The van der Waals surface area contributed by atoms with E-state index in [4.69, 9.17) is 4.74 Å². The fraction of sp³-hybridized carbons (Fsp3) is 0.130. The molecule has 2 aromatic heterocycles. The van der Waals surface area contributed by atoms with Crippen molar-refractivity contribution in [3.63, 3.8) is 0 Å². The number of allylic oxidation sites excluding steroid dienone is 2. The van der Waals surface area contributed by atoms with E-state index in [0.717, 1.165) is 28.0 Å². The van der Waals surface area contributed by atoms with Gasteiger partial charge in [-0.3, -0.25) is 4.79 Å². The van der Waals surface area contributed by atoms with Crippen LogP contribution in [0, 0.1) is 6.92 Å². The number of rotatable bonds is 6. The van der Waals surface area contributed by atoms with E-state index in [0.29, 0.717) is 17.8 Å². The number of carbonyl (C=O) groups is 1. The van der Waals surface area contributed by atoms with E-state index in [1.165, 1.54) is 0 Å². The number of methoxy groups -OCH3 is 1. The second-order valence-electron chi connectivity index (χ2n) is 6.56. The van der Waals surface area contributed by atoms with Gasteiger partial charge in [-0.25, -0.2) is 4.52 Å². The van der Waals surface area contributed by atoms with Gasteiger partial charge in [-0.05, 0) is 42.8 Å². The molecule has 5 heteroatoms. The van der Waals surface area contributed by atoms with Crippen molar-refractivity contribution in [1.29, 1.82) is 0 Å². The minimum absolute atomic E-state index is 0.0801. The second-order valence-corrected chi connectivity index (χ2v) is 6.56. The standard InChI is InChI=1S/C23H21N3O2/c1-4-14-25-19-10-5-6-11-20(19)26-23(25)22(16(2)24-26)21(27)13-12-17-8-7-9-18(15-17)28-3/h4-13,15H,1,14H2,2-3H3/b13-12+. The summed E-state index contributed by atoms with van der Waals surface area (Å²) in [5, 5.41) is 4.63. The Bertz CT molecular complexity index is 1230. The molecule has 4 rings (SSSR count). The Balaban J connectivity index is 1.83. The van der Waals surface area contributed by atoms with Crippen LogP contribution in [0.3, 0.4) is 0 Å². The van der Waals surface area contributed by atoms with Crippen molar-refractivity contribution in [3.05, 3.63) is 84.1 Å². The lowest BCUT2D eigenvalue weighted by molar-refractivity contribution is 0.104. The van der Waals surface area contributed by atoms with Crippen LogP contribution in [0.4, 0.5) is 0 Å². The van der Waals surface area contributed by atoms with E-state index in [9.17, 15) is 4.79 Å². The van der Waals surface area contributed by atoms with Crippen molar-refractivity contribution in [1.82, 2.24) is 14.2 Å². The summed E-state index contributed by atoms with van der Waals surface area (Å²) in [6.45, 7) is 6.33. The molecule has 0 saturated carbocycles. The van der Waals surface area contributed by atoms with Gasteiger partial charge in [0.15, 0.2) is 5.78 Å². The quantitative estimate of drug-likeness (QED) is 0.281. The predicted molar refractivity (Wildman–Crippen MR) is 112 cm³/mol. The molecule has 28 heavy (non-hydrogen) atoms. The van der Waals surface area contributed by atoms with Crippen molar-refractivity contribution in [2.75, 3.05) is 7.11 Å². The number of aromatic nitrogens is 3. The number of imidazole rings is 1. The Morgan fingerprint density at radius 2 is 1.96 bits per heavy atom. The molecule has 0 amide bonds. The van der Waals surface area contributed by atoms with Crippen LogP contribution in [-0.2, 0) is 6.54 Å². The summed E-state index contributed by atoms with van der Waals surface area (Å²) < 4.78 is 9.17. The minimum Gasteiger partial charge on any atom is -0.497 e. The minimum atomic E-state index is -0.0801. The summed E-state index contributed by atoms with van der Waals surface area (Å²) in [6.07, 6.45) is 5.22. The highest BCUT2D eigenvalue weighted by Crippen LogP contribution is 2.26. The smallest absolute Gasteiger partial charge is 0.191 e. The number of hydrogen-bond donors (Lipinski definition) is 0. The van der Waals surface area contributed by atoms with E-state index in [1.54, 1.807) is 19.3 Å². The van der Waals surface area contributed by atoms with Crippen LogP contribution in [-0.4, -0.2) is 27.1 Å². The third kappa shape index (κ3) is 2.91. The molecule has 0 fully saturated rings. The fourth-order valence-corrected chi connectivity index (χ4v) is 3.52. The maximum Gasteiger partial charge on any atom is 0.191 e.